The van der Waals surface area contributed by atoms with E-state index in [9.17, 15) is 9.59 Å². The van der Waals surface area contributed by atoms with Crippen molar-refractivity contribution in [3.8, 4) is 5.69 Å². The Kier molecular flexibility index (Phi) is 10.6. The molecule has 0 aliphatic carbocycles. The lowest BCUT2D eigenvalue weighted by molar-refractivity contribution is -0.116. The van der Waals surface area contributed by atoms with Crippen molar-refractivity contribution in [1.29, 1.82) is 0 Å². The number of amides is 2. The third-order valence-corrected chi connectivity index (χ3v) is 13.6. The minimum absolute atomic E-state index is 0.152. The molecule has 0 saturated heterocycles. The molecule has 4 aromatic carbocycles. The van der Waals surface area contributed by atoms with Crippen LogP contribution in [-0.4, -0.2) is 31.7 Å². The summed E-state index contributed by atoms with van der Waals surface area (Å²) in [5, 5.41) is 8.48. The van der Waals surface area contributed by atoms with Crippen molar-refractivity contribution in [2.75, 3.05) is 7.05 Å². The second kappa shape index (κ2) is 14.8. The molecule has 0 atom stereocenters. The van der Waals surface area contributed by atoms with Crippen LogP contribution in [0.5, 0.6) is 0 Å². The average molecular weight is 662 g/mol. The van der Waals surface area contributed by atoms with Crippen molar-refractivity contribution < 1.29 is 14.0 Å². The van der Waals surface area contributed by atoms with E-state index >= 15 is 0 Å². The lowest BCUT2D eigenvalue weighted by atomic mass is 10.1. The molecule has 240 valence electrons. The molecule has 0 aliphatic heterocycles. The first kappa shape index (κ1) is 33.7. The van der Waals surface area contributed by atoms with Gasteiger partial charge < -0.3 is 19.6 Å². The Morgan fingerprint density at radius 3 is 2.09 bits per heavy atom. The minimum atomic E-state index is -2.75. The Labute approximate surface area is 283 Å². The van der Waals surface area contributed by atoms with Gasteiger partial charge in [0.1, 0.15) is 0 Å². The third-order valence-electron chi connectivity index (χ3n) is 8.27. The van der Waals surface area contributed by atoms with Gasteiger partial charge in [0.05, 0.1) is 13.2 Å². The molecule has 0 aliphatic rings. The fraction of sp³-hybridized carbons (Fsp3) is 0.179. The molecular formula is C39H40ClN3O3Si. The monoisotopic (exact) mass is 661 g/mol. The highest BCUT2D eigenvalue weighted by molar-refractivity contribution is 6.99. The summed E-state index contributed by atoms with van der Waals surface area (Å²) in [6.45, 7) is 7.46. The van der Waals surface area contributed by atoms with Gasteiger partial charge in [-0.2, -0.15) is 0 Å². The van der Waals surface area contributed by atoms with Crippen LogP contribution >= 0.6 is 11.6 Å². The summed E-state index contributed by atoms with van der Waals surface area (Å²) >= 11 is 6.79. The molecule has 1 aromatic heterocycles. The molecule has 2 amide bonds. The van der Waals surface area contributed by atoms with E-state index in [2.05, 4.69) is 86.0 Å². The van der Waals surface area contributed by atoms with E-state index in [0.29, 0.717) is 23.7 Å². The van der Waals surface area contributed by atoms with E-state index in [-0.39, 0.29) is 16.9 Å². The van der Waals surface area contributed by atoms with Gasteiger partial charge in [-0.3, -0.25) is 9.59 Å². The zero-order chi connectivity index (χ0) is 33.4. The topological polar surface area (TPSA) is 72.4 Å². The zero-order valence-corrected chi connectivity index (χ0v) is 28.9. The number of aromatic nitrogens is 1. The van der Waals surface area contributed by atoms with Crippen molar-refractivity contribution >= 4 is 48.2 Å². The van der Waals surface area contributed by atoms with Crippen molar-refractivity contribution in [2.24, 2.45) is 0 Å². The minimum Gasteiger partial charge on any atom is -0.403 e. The van der Waals surface area contributed by atoms with Crippen molar-refractivity contribution in [2.45, 2.75) is 39.0 Å². The molecule has 0 spiro atoms. The lowest BCUT2D eigenvalue weighted by Crippen LogP contribution is -2.66. The Morgan fingerprint density at radius 1 is 0.851 bits per heavy atom. The number of halogens is 1. The summed E-state index contributed by atoms with van der Waals surface area (Å²) in [5.41, 5.74) is 4.13. The fourth-order valence-corrected chi connectivity index (χ4v) is 10.6. The van der Waals surface area contributed by atoms with Crippen LogP contribution in [0.4, 0.5) is 0 Å². The maximum Gasteiger partial charge on any atom is 0.261 e. The molecule has 2 N–H and O–H groups in total. The number of rotatable bonds is 11. The van der Waals surface area contributed by atoms with Crippen LogP contribution in [-0.2, 0) is 22.4 Å². The van der Waals surface area contributed by atoms with E-state index in [1.54, 1.807) is 37.4 Å². The predicted octanol–water partition coefficient (Wildman–Crippen LogP) is 6.90. The van der Waals surface area contributed by atoms with Crippen LogP contribution < -0.4 is 21.0 Å². The van der Waals surface area contributed by atoms with Crippen LogP contribution in [0.3, 0.4) is 0 Å². The van der Waals surface area contributed by atoms with E-state index < -0.39 is 8.32 Å². The second-order valence-electron chi connectivity index (χ2n) is 12.3. The summed E-state index contributed by atoms with van der Waals surface area (Å²) in [6.07, 6.45) is 5.19. The highest BCUT2D eigenvalue weighted by atomic mass is 35.5. The van der Waals surface area contributed by atoms with Gasteiger partial charge in [-0.15, -0.1) is 0 Å². The van der Waals surface area contributed by atoms with Crippen molar-refractivity contribution in [3.05, 3.63) is 155 Å². The maximum atomic E-state index is 12.7. The van der Waals surface area contributed by atoms with Gasteiger partial charge in [0.2, 0.25) is 5.91 Å². The standard InChI is InChI=1S/C39H40ClN3O3Si/c1-39(2,3)47(34-13-7-5-8-14-34,35-15-9-6-10-16-35)46-28-31-26-32(22-23-36(31)40)43-25-11-12-33(43)27-42-37(44)24-19-29-17-20-30(21-18-29)38(45)41-4/h5-26H,27-28H2,1-4H3,(H,41,45)(H,42,44). The van der Waals surface area contributed by atoms with Crippen molar-refractivity contribution in [3.63, 3.8) is 0 Å². The van der Waals surface area contributed by atoms with Crippen LogP contribution in [0.2, 0.25) is 10.1 Å². The number of benzene rings is 4. The number of carbonyl (C=O) groups excluding carboxylic acids is 2. The number of hydrogen-bond donors (Lipinski definition) is 2. The smallest absolute Gasteiger partial charge is 0.261 e. The van der Waals surface area contributed by atoms with Crippen LogP contribution in [0.1, 0.15) is 48.0 Å². The quantitative estimate of drug-likeness (QED) is 0.120. The highest BCUT2D eigenvalue weighted by Gasteiger charge is 2.50. The number of nitrogens with one attached hydrogen (secondary N) is 2. The van der Waals surface area contributed by atoms with Gasteiger partial charge >= 0.3 is 0 Å². The largest absolute Gasteiger partial charge is 0.403 e. The first-order chi connectivity index (χ1) is 22.6. The molecular weight excluding hydrogens is 622 g/mol. The Bertz CT molecular complexity index is 1810. The summed E-state index contributed by atoms with van der Waals surface area (Å²) in [5.74, 6) is -0.371. The molecule has 0 fully saturated rings. The van der Waals surface area contributed by atoms with Crippen molar-refractivity contribution in [1.82, 2.24) is 15.2 Å². The van der Waals surface area contributed by atoms with Gasteiger partial charge in [0.15, 0.2) is 0 Å². The third kappa shape index (κ3) is 7.66. The summed E-state index contributed by atoms with van der Waals surface area (Å²) in [7, 11) is -1.16. The second-order valence-corrected chi connectivity index (χ2v) is 17.1. The first-order valence-corrected chi connectivity index (χ1v) is 17.9. The lowest BCUT2D eigenvalue weighted by Gasteiger charge is -2.43. The molecule has 6 nitrogen and oxygen atoms in total. The summed E-state index contributed by atoms with van der Waals surface area (Å²) in [4.78, 5) is 24.4. The Balaban J connectivity index is 1.33. The predicted molar refractivity (Wildman–Crippen MR) is 194 cm³/mol. The number of hydrogen-bond acceptors (Lipinski definition) is 3. The molecule has 1 heterocycles. The SMILES string of the molecule is CNC(=O)c1ccc(C=CC(=O)NCc2cccn2-c2ccc(Cl)c(CO[Si](c3ccccc3)(c3ccccc3)C(C)(C)C)c2)cc1. The van der Waals surface area contributed by atoms with Crippen LogP contribution in [0, 0.1) is 0 Å². The van der Waals surface area contributed by atoms with E-state index in [0.717, 1.165) is 22.5 Å². The normalized spacial score (nSPS) is 11.9. The zero-order valence-electron chi connectivity index (χ0n) is 27.2. The molecule has 5 rings (SSSR count). The van der Waals surface area contributed by atoms with Crippen LogP contribution in [0.25, 0.3) is 11.8 Å². The summed E-state index contributed by atoms with van der Waals surface area (Å²) in [6, 6.07) is 38.1. The Hall–Kier alpha value is -4.69. The molecule has 0 bridgehead atoms. The van der Waals surface area contributed by atoms with Gasteiger partial charge in [-0.05, 0) is 75.1 Å². The first-order valence-electron chi connectivity index (χ1n) is 15.6. The maximum absolute atomic E-state index is 12.7. The average Bonchev–Trinajstić information content (AvgIpc) is 3.56. The number of carbonyl (C=O) groups is 2. The highest BCUT2D eigenvalue weighted by Crippen LogP contribution is 2.38. The Morgan fingerprint density at radius 2 is 1.49 bits per heavy atom. The molecule has 0 saturated carbocycles. The van der Waals surface area contributed by atoms with Gasteiger partial charge in [0.25, 0.3) is 14.2 Å². The van der Waals surface area contributed by atoms with E-state index in [4.69, 9.17) is 16.0 Å². The van der Waals surface area contributed by atoms with Gasteiger partial charge in [0, 0.05) is 41.3 Å². The molecule has 5 aromatic rings. The van der Waals surface area contributed by atoms with Gasteiger partial charge in [-0.25, -0.2) is 0 Å². The molecule has 8 heteroatoms. The van der Waals surface area contributed by atoms with Crippen LogP contribution in [0.15, 0.2) is 128 Å². The molecule has 0 unspecified atom stereocenters. The molecule has 47 heavy (non-hydrogen) atoms. The van der Waals surface area contributed by atoms with E-state index in [1.165, 1.54) is 16.4 Å². The van der Waals surface area contributed by atoms with Gasteiger partial charge in [-0.1, -0.05) is 105 Å². The number of nitrogens with zero attached hydrogens (tertiary/aromatic N) is 1. The fourth-order valence-electron chi connectivity index (χ4n) is 5.88. The van der Waals surface area contributed by atoms with E-state index in [1.807, 2.05) is 47.2 Å². The molecule has 0 radical (unpaired) electrons. The summed E-state index contributed by atoms with van der Waals surface area (Å²) < 4.78 is 9.21.